The van der Waals surface area contributed by atoms with E-state index in [0.717, 1.165) is 0 Å². The molecule has 2 rings (SSSR count). The van der Waals surface area contributed by atoms with Crippen LogP contribution >= 0.6 is 0 Å². The molecule has 0 fully saturated rings. The van der Waals surface area contributed by atoms with Gasteiger partial charge in [-0.25, -0.2) is 4.99 Å². The average molecular weight is 188 g/mol. The lowest BCUT2D eigenvalue weighted by Gasteiger charge is -2.05. The van der Waals surface area contributed by atoms with Crippen molar-refractivity contribution in [1.82, 2.24) is 0 Å². The Morgan fingerprint density at radius 2 is 2.14 bits per heavy atom. The second-order valence-corrected chi connectivity index (χ2v) is 2.74. The highest BCUT2D eigenvalue weighted by molar-refractivity contribution is 6.45. The summed E-state index contributed by atoms with van der Waals surface area (Å²) in [5, 5.41) is 0. The Morgan fingerprint density at radius 3 is 2.93 bits per heavy atom. The number of hydrogen-bond donors (Lipinski definition) is 1. The smallest absolute Gasteiger partial charge is 0.268 e. The molecule has 0 saturated carbocycles. The molecule has 2 N–H and O–H groups in total. The molecule has 0 bridgehead atoms. The van der Waals surface area contributed by atoms with Crippen molar-refractivity contribution in [2.24, 2.45) is 10.7 Å². The maximum atomic E-state index is 11.1. The molecule has 1 aliphatic heterocycles. The lowest BCUT2D eigenvalue weighted by atomic mass is 10.1. The van der Waals surface area contributed by atoms with Crippen molar-refractivity contribution < 1.29 is 9.53 Å². The number of carbonyl (C=O) groups excluding carboxylic acids is 1. The van der Waals surface area contributed by atoms with Gasteiger partial charge in [0.2, 0.25) is 0 Å². The highest BCUT2D eigenvalue weighted by atomic mass is 16.5. The number of amides is 1. The van der Waals surface area contributed by atoms with Gasteiger partial charge < -0.3 is 10.5 Å². The third-order valence-electron chi connectivity index (χ3n) is 1.84. The Balaban J connectivity index is 2.59. The van der Waals surface area contributed by atoms with E-state index in [2.05, 4.69) is 4.99 Å². The number of aliphatic imine (C=N–C) groups is 1. The number of primary amides is 1. The van der Waals surface area contributed by atoms with E-state index in [-0.39, 0.29) is 5.71 Å². The molecule has 1 amide bonds. The van der Waals surface area contributed by atoms with Gasteiger partial charge in [-0.15, -0.1) is 0 Å². The normalized spacial score (nSPS) is 13.6. The molecule has 0 aromatic heterocycles. The van der Waals surface area contributed by atoms with Crippen molar-refractivity contribution >= 4 is 11.6 Å². The van der Waals surface area contributed by atoms with Gasteiger partial charge >= 0.3 is 0 Å². The van der Waals surface area contributed by atoms with Gasteiger partial charge in [0.05, 0.1) is 6.20 Å². The molecule has 4 nitrogen and oxygen atoms in total. The van der Waals surface area contributed by atoms with Crippen LogP contribution in [0.1, 0.15) is 5.56 Å². The number of rotatable bonds is 1. The van der Waals surface area contributed by atoms with E-state index in [0.29, 0.717) is 11.3 Å². The highest BCUT2D eigenvalue weighted by Crippen LogP contribution is 2.20. The lowest BCUT2D eigenvalue weighted by Crippen LogP contribution is -2.24. The first kappa shape index (κ1) is 8.50. The maximum absolute atomic E-state index is 11.1. The number of benzene rings is 1. The van der Waals surface area contributed by atoms with E-state index >= 15 is 0 Å². The summed E-state index contributed by atoms with van der Waals surface area (Å²) in [5.41, 5.74) is 6.03. The van der Waals surface area contributed by atoms with E-state index in [1.54, 1.807) is 18.2 Å². The van der Waals surface area contributed by atoms with Crippen LogP contribution < -0.4 is 10.5 Å². The summed E-state index contributed by atoms with van der Waals surface area (Å²) in [6.45, 7) is 0. The fraction of sp³-hybridized carbons (Fsp3) is 0. The molecule has 0 atom stereocenters. The fourth-order valence-electron chi connectivity index (χ4n) is 1.24. The summed E-state index contributed by atoms with van der Waals surface area (Å²) in [7, 11) is 0. The first-order chi connectivity index (χ1) is 6.79. The minimum absolute atomic E-state index is 0.217. The third-order valence-corrected chi connectivity index (χ3v) is 1.84. The molecule has 0 aliphatic carbocycles. The van der Waals surface area contributed by atoms with Gasteiger partial charge in [-0.05, 0) is 12.1 Å². The Labute approximate surface area is 80.7 Å². The minimum atomic E-state index is -0.562. The molecule has 14 heavy (non-hydrogen) atoms. The van der Waals surface area contributed by atoms with Gasteiger partial charge in [0, 0.05) is 5.56 Å². The van der Waals surface area contributed by atoms with E-state index in [1.165, 1.54) is 12.5 Å². The van der Waals surface area contributed by atoms with Crippen molar-refractivity contribution in [1.29, 1.82) is 0 Å². The number of hydrogen-bond acceptors (Lipinski definition) is 3. The molecule has 0 unspecified atom stereocenters. The van der Waals surface area contributed by atoms with Gasteiger partial charge in [-0.3, -0.25) is 4.79 Å². The Kier molecular flexibility index (Phi) is 2.02. The second kappa shape index (κ2) is 3.33. The molecule has 1 aromatic rings. The average Bonchev–Trinajstić information content (AvgIpc) is 2.39. The van der Waals surface area contributed by atoms with Crippen LogP contribution in [0.2, 0.25) is 0 Å². The SMILES string of the molecule is NC(=O)C1=NC=COc2ccccc21. The van der Waals surface area contributed by atoms with E-state index in [9.17, 15) is 4.79 Å². The van der Waals surface area contributed by atoms with E-state index in [4.69, 9.17) is 10.5 Å². The number of para-hydroxylation sites is 1. The number of fused-ring (bicyclic) bond motifs is 1. The zero-order valence-corrected chi connectivity index (χ0v) is 7.31. The first-order valence-electron chi connectivity index (χ1n) is 4.08. The van der Waals surface area contributed by atoms with E-state index in [1.807, 2.05) is 6.07 Å². The zero-order chi connectivity index (χ0) is 9.97. The van der Waals surface area contributed by atoms with Crippen LogP contribution in [0.25, 0.3) is 0 Å². The summed E-state index contributed by atoms with van der Waals surface area (Å²) >= 11 is 0. The summed E-state index contributed by atoms with van der Waals surface area (Å²) in [6.07, 6.45) is 2.81. The second-order valence-electron chi connectivity index (χ2n) is 2.74. The van der Waals surface area contributed by atoms with Crippen molar-refractivity contribution in [3.05, 3.63) is 42.3 Å². The standard InChI is InChI=1S/C10H8N2O2/c11-10(13)9-7-3-1-2-4-8(7)14-6-5-12-9/h1-6H,(H2,11,13). The van der Waals surface area contributed by atoms with Crippen molar-refractivity contribution in [2.45, 2.75) is 0 Å². The molecule has 1 heterocycles. The summed E-state index contributed by atoms with van der Waals surface area (Å²) < 4.78 is 5.23. The minimum Gasteiger partial charge on any atom is -0.463 e. The summed E-state index contributed by atoms with van der Waals surface area (Å²) in [4.78, 5) is 15.0. The van der Waals surface area contributed by atoms with Gasteiger partial charge in [-0.2, -0.15) is 0 Å². The van der Waals surface area contributed by atoms with Gasteiger partial charge in [0.25, 0.3) is 5.91 Å². The Bertz CT molecular complexity index is 436. The summed E-state index contributed by atoms with van der Waals surface area (Å²) in [6, 6.07) is 7.11. The third kappa shape index (κ3) is 1.37. The van der Waals surface area contributed by atoms with Crippen LogP contribution in [0.3, 0.4) is 0 Å². The largest absolute Gasteiger partial charge is 0.463 e. The number of nitrogens with zero attached hydrogens (tertiary/aromatic N) is 1. The quantitative estimate of drug-likeness (QED) is 0.709. The fourth-order valence-corrected chi connectivity index (χ4v) is 1.24. The number of nitrogens with two attached hydrogens (primary N) is 1. The molecule has 0 saturated heterocycles. The molecule has 0 spiro atoms. The zero-order valence-electron chi connectivity index (χ0n) is 7.31. The van der Waals surface area contributed by atoms with Crippen molar-refractivity contribution in [3.63, 3.8) is 0 Å². The van der Waals surface area contributed by atoms with Crippen LogP contribution in [0, 0.1) is 0 Å². The highest BCUT2D eigenvalue weighted by Gasteiger charge is 2.15. The molecule has 4 heteroatoms. The van der Waals surface area contributed by atoms with Gasteiger partial charge in [-0.1, -0.05) is 12.1 Å². The van der Waals surface area contributed by atoms with Gasteiger partial charge in [0.1, 0.15) is 17.7 Å². The van der Waals surface area contributed by atoms with E-state index < -0.39 is 5.91 Å². The summed E-state index contributed by atoms with van der Waals surface area (Å²) in [5.74, 6) is 0.0198. The molecular formula is C10H8N2O2. The van der Waals surface area contributed by atoms with Crippen LogP contribution in [0.5, 0.6) is 5.75 Å². The maximum Gasteiger partial charge on any atom is 0.268 e. The molecule has 1 aliphatic rings. The Hall–Kier alpha value is -2.10. The number of carbonyl (C=O) groups is 1. The van der Waals surface area contributed by atoms with Crippen molar-refractivity contribution in [3.8, 4) is 5.75 Å². The van der Waals surface area contributed by atoms with Crippen LogP contribution in [0.4, 0.5) is 0 Å². The number of ether oxygens (including phenoxy) is 1. The van der Waals surface area contributed by atoms with Crippen LogP contribution in [-0.4, -0.2) is 11.6 Å². The van der Waals surface area contributed by atoms with Crippen molar-refractivity contribution in [2.75, 3.05) is 0 Å². The topological polar surface area (TPSA) is 64.7 Å². The predicted molar refractivity (Wildman–Crippen MR) is 51.9 cm³/mol. The monoisotopic (exact) mass is 188 g/mol. The molecule has 0 radical (unpaired) electrons. The predicted octanol–water partition coefficient (Wildman–Crippen LogP) is 0.825. The Morgan fingerprint density at radius 1 is 1.36 bits per heavy atom. The molecular weight excluding hydrogens is 180 g/mol. The lowest BCUT2D eigenvalue weighted by molar-refractivity contribution is -0.111. The molecule has 1 aromatic carbocycles. The van der Waals surface area contributed by atoms with Crippen LogP contribution in [-0.2, 0) is 4.79 Å². The molecule has 70 valence electrons. The first-order valence-corrected chi connectivity index (χ1v) is 4.08. The van der Waals surface area contributed by atoms with Gasteiger partial charge in [0.15, 0.2) is 0 Å². The van der Waals surface area contributed by atoms with Crippen LogP contribution in [0.15, 0.2) is 41.7 Å².